The van der Waals surface area contributed by atoms with Gasteiger partial charge in [-0.3, -0.25) is 0 Å². The third-order valence-corrected chi connectivity index (χ3v) is 5.92. The van der Waals surface area contributed by atoms with Crippen LogP contribution in [0.3, 0.4) is 0 Å². The van der Waals surface area contributed by atoms with E-state index in [2.05, 4.69) is 5.32 Å². The fourth-order valence-electron chi connectivity index (χ4n) is 4.09. The summed E-state index contributed by atoms with van der Waals surface area (Å²) in [6.45, 7) is 2.25. The molecule has 1 N–H and O–H groups in total. The molecule has 2 aromatic carbocycles. The number of hydrogen-bond acceptors (Lipinski definition) is 6. The van der Waals surface area contributed by atoms with Crippen LogP contribution in [0, 0.1) is 5.92 Å². The lowest BCUT2D eigenvalue weighted by Gasteiger charge is -2.27. The average molecular weight is 513 g/mol. The molecule has 4 rings (SSSR count). The first-order chi connectivity index (χ1) is 17.1. The summed E-state index contributed by atoms with van der Waals surface area (Å²) in [5, 5.41) is 3.31. The van der Waals surface area contributed by atoms with E-state index in [0.717, 1.165) is 11.3 Å². The van der Waals surface area contributed by atoms with E-state index < -0.39 is 5.92 Å². The highest BCUT2D eigenvalue weighted by Gasteiger charge is 2.46. The van der Waals surface area contributed by atoms with E-state index >= 15 is 0 Å². The van der Waals surface area contributed by atoms with E-state index in [1.165, 1.54) is 4.90 Å². The summed E-state index contributed by atoms with van der Waals surface area (Å²) >= 11 is 0. The Morgan fingerprint density at radius 1 is 0.944 bits per heavy atom. The number of nitrogens with one attached hydrogen (secondary N) is 1. The Hall–Kier alpha value is -3.62. The van der Waals surface area contributed by atoms with Crippen LogP contribution in [-0.4, -0.2) is 67.6 Å². The van der Waals surface area contributed by atoms with E-state index in [1.54, 1.807) is 18.8 Å². The number of ether oxygens (including phenoxy) is 3. The maximum Gasteiger partial charge on any atom is 0.501 e. The van der Waals surface area contributed by atoms with E-state index in [-0.39, 0.29) is 30.9 Å². The highest BCUT2D eigenvalue weighted by molar-refractivity contribution is 6.16. The third-order valence-electron chi connectivity index (χ3n) is 5.92. The van der Waals surface area contributed by atoms with Gasteiger partial charge in [0.25, 0.3) is 0 Å². The van der Waals surface area contributed by atoms with Crippen molar-refractivity contribution in [2.75, 3.05) is 40.5 Å². The van der Waals surface area contributed by atoms with Crippen molar-refractivity contribution in [2.24, 2.45) is 5.92 Å². The minimum absolute atomic E-state index is 0. The summed E-state index contributed by atoms with van der Waals surface area (Å²) in [4.78, 5) is 27.8. The Bertz CT molecular complexity index is 1160. The van der Waals surface area contributed by atoms with Gasteiger partial charge >= 0.3 is 11.9 Å². The number of nitrogens with zero attached hydrogens (tertiary/aromatic N) is 2. The lowest BCUT2D eigenvalue weighted by molar-refractivity contribution is -0.438. The van der Waals surface area contributed by atoms with Crippen LogP contribution in [0.25, 0.3) is 0 Å². The lowest BCUT2D eigenvalue weighted by Crippen LogP contribution is -2.54. The molecule has 0 saturated carbocycles. The molecule has 1 heterocycles. The molecule has 190 valence electrons. The molecule has 0 spiro atoms. The van der Waals surface area contributed by atoms with Crippen LogP contribution >= 0.6 is 12.4 Å². The highest BCUT2D eigenvalue weighted by Crippen LogP contribution is 2.25. The van der Waals surface area contributed by atoms with E-state index in [9.17, 15) is 9.59 Å². The summed E-state index contributed by atoms with van der Waals surface area (Å²) in [5.74, 6) is 1.42. The molecular weight excluding hydrogens is 482 g/mol. The van der Waals surface area contributed by atoms with Gasteiger partial charge in [-0.25, -0.2) is 4.79 Å². The normalized spacial score (nSPS) is 16.5. The molecule has 9 heteroatoms. The van der Waals surface area contributed by atoms with Crippen molar-refractivity contribution in [3.63, 3.8) is 0 Å². The number of para-hydroxylation sites is 2. The molecule has 1 aliphatic heterocycles. The first kappa shape index (κ1) is 27.0. The number of benzene rings is 2. The van der Waals surface area contributed by atoms with Crippen molar-refractivity contribution in [2.45, 2.75) is 6.54 Å². The van der Waals surface area contributed by atoms with Crippen molar-refractivity contribution in [1.82, 2.24) is 10.2 Å². The van der Waals surface area contributed by atoms with Gasteiger partial charge in [0.2, 0.25) is 0 Å². The second-order valence-electron chi connectivity index (χ2n) is 8.10. The number of halogens is 1. The number of methoxy groups -OCH3 is 2. The Morgan fingerprint density at radius 3 is 2.42 bits per heavy atom. The molecule has 0 bridgehead atoms. The maximum absolute atomic E-state index is 13.4. The van der Waals surface area contributed by atoms with Gasteiger partial charge in [-0.2, -0.15) is 14.3 Å². The minimum atomic E-state index is -0.468. The quantitative estimate of drug-likeness (QED) is 0.367. The van der Waals surface area contributed by atoms with E-state index in [1.807, 2.05) is 72.8 Å². The predicted octanol–water partition coefficient (Wildman–Crippen LogP) is 3.45. The van der Waals surface area contributed by atoms with Gasteiger partial charge in [-0.1, -0.05) is 42.5 Å². The first-order valence-corrected chi connectivity index (χ1v) is 11.6. The molecule has 2 aliphatic rings. The number of allylic oxidation sites excluding steroid dienone is 3. The summed E-state index contributed by atoms with van der Waals surface area (Å²) in [6, 6.07) is 14.6. The van der Waals surface area contributed by atoms with Crippen LogP contribution in [0.5, 0.6) is 17.2 Å². The molecule has 0 aromatic heterocycles. The van der Waals surface area contributed by atoms with Gasteiger partial charge in [0.05, 0.1) is 14.2 Å². The van der Waals surface area contributed by atoms with E-state index in [4.69, 9.17) is 14.2 Å². The number of hydrogen-bond donors (Lipinski definition) is 1. The number of fused-ring (bicyclic) bond motifs is 1. The lowest BCUT2D eigenvalue weighted by atomic mass is 9.94. The molecule has 3 amide bonds. The van der Waals surface area contributed by atoms with Crippen LogP contribution in [0.1, 0.15) is 5.56 Å². The smallest absolute Gasteiger partial charge is 0.497 e. The molecule has 1 unspecified atom stereocenters. The zero-order chi connectivity index (χ0) is 24.6. The van der Waals surface area contributed by atoms with Crippen LogP contribution in [-0.2, 0) is 11.3 Å². The summed E-state index contributed by atoms with van der Waals surface area (Å²) in [6.07, 6.45) is 7.38. The van der Waals surface area contributed by atoms with Gasteiger partial charge < -0.3 is 19.5 Å². The van der Waals surface area contributed by atoms with Crippen molar-refractivity contribution in [3.8, 4) is 17.2 Å². The van der Waals surface area contributed by atoms with Crippen molar-refractivity contribution >= 4 is 30.1 Å². The molecule has 0 radical (unpaired) electrons. The van der Waals surface area contributed by atoms with Gasteiger partial charge in [-0.15, -0.1) is 12.4 Å². The second kappa shape index (κ2) is 12.9. The van der Waals surface area contributed by atoms with Gasteiger partial charge in [0.1, 0.15) is 37.1 Å². The SMILES string of the molecule is COc1ccc(CN2C(=O)C3C=CC=CC3=[N+](CCNCCOc3ccccc3OC)C2=O)cc1.Cl. The largest absolute Gasteiger partial charge is 0.501 e. The Kier molecular flexibility index (Phi) is 9.67. The maximum atomic E-state index is 13.4. The van der Waals surface area contributed by atoms with Crippen molar-refractivity contribution in [3.05, 3.63) is 78.4 Å². The number of rotatable bonds is 11. The minimum Gasteiger partial charge on any atom is -0.497 e. The Morgan fingerprint density at radius 2 is 1.69 bits per heavy atom. The summed E-state index contributed by atoms with van der Waals surface area (Å²) in [5.41, 5.74) is 1.57. The first-order valence-electron chi connectivity index (χ1n) is 11.6. The Labute approximate surface area is 217 Å². The van der Waals surface area contributed by atoms with Crippen LogP contribution in [0.4, 0.5) is 4.79 Å². The standard InChI is InChI=1S/C27H30N3O5.ClH/c1-33-21-13-11-20(12-14-21)19-30-26(31)22-7-3-4-8-23(22)29(27(30)32)17-15-28-16-18-35-25-10-6-5-9-24(25)34-2;/h3-14,22,28H,15-19H2,1-2H3;1H/q+1;. The molecule has 1 aliphatic carbocycles. The second-order valence-corrected chi connectivity index (χ2v) is 8.10. The van der Waals surface area contributed by atoms with Crippen molar-refractivity contribution in [1.29, 1.82) is 0 Å². The topological polar surface area (TPSA) is 80.1 Å². The zero-order valence-corrected chi connectivity index (χ0v) is 21.2. The fourth-order valence-corrected chi connectivity index (χ4v) is 4.09. The van der Waals surface area contributed by atoms with Crippen molar-refractivity contribution < 1.29 is 28.4 Å². The molecule has 8 nitrogen and oxygen atoms in total. The molecule has 1 atom stereocenters. The molecule has 0 saturated heterocycles. The zero-order valence-electron chi connectivity index (χ0n) is 20.4. The molecule has 0 fully saturated rings. The monoisotopic (exact) mass is 512 g/mol. The number of imide groups is 1. The van der Waals surface area contributed by atoms with Crippen LogP contribution in [0.2, 0.25) is 0 Å². The fraction of sp³-hybridized carbons (Fsp3) is 0.296. The average Bonchev–Trinajstić information content (AvgIpc) is 2.90. The number of carbonyl (C=O) groups excluding carboxylic acids is 2. The van der Waals surface area contributed by atoms with Gasteiger partial charge in [0.15, 0.2) is 11.5 Å². The number of carbonyl (C=O) groups is 2. The molecule has 2 aromatic rings. The molecule has 36 heavy (non-hydrogen) atoms. The van der Waals surface area contributed by atoms with Gasteiger partial charge in [0, 0.05) is 13.1 Å². The summed E-state index contributed by atoms with van der Waals surface area (Å²) < 4.78 is 18.0. The van der Waals surface area contributed by atoms with Gasteiger partial charge in [-0.05, 0) is 35.9 Å². The van der Waals surface area contributed by atoms with Crippen LogP contribution < -0.4 is 19.5 Å². The van der Waals surface area contributed by atoms with E-state index in [0.29, 0.717) is 43.5 Å². The molecular formula is C27H31ClN3O5+. The third kappa shape index (κ3) is 6.13. The number of urea groups is 1. The number of amides is 3. The van der Waals surface area contributed by atoms with Crippen LogP contribution in [0.15, 0.2) is 72.8 Å². The Balaban J connectivity index is 0.00000361. The predicted molar refractivity (Wildman–Crippen MR) is 139 cm³/mol. The highest BCUT2D eigenvalue weighted by atomic mass is 35.5. The summed E-state index contributed by atoms with van der Waals surface area (Å²) in [7, 11) is 3.21.